The molecule has 2 N–H and O–H groups in total. The van der Waals surface area contributed by atoms with Crippen LogP contribution in [0.4, 0.5) is 0 Å². The normalized spacial score (nSPS) is 30.3. The Morgan fingerprint density at radius 1 is 1.31 bits per heavy atom. The number of halogens is 1. The molecule has 0 bridgehead atoms. The molecule has 1 aliphatic heterocycles. The fourth-order valence-electron chi connectivity index (χ4n) is 1.75. The molecule has 3 nitrogen and oxygen atoms in total. The summed E-state index contributed by atoms with van der Waals surface area (Å²) in [5.74, 6) is -0.331. The van der Waals surface area contributed by atoms with Crippen LogP contribution in [-0.2, 0) is 15.3 Å². The van der Waals surface area contributed by atoms with E-state index in [1.54, 1.807) is 0 Å². The lowest BCUT2D eigenvalue weighted by atomic mass is 10.0. The van der Waals surface area contributed by atoms with Gasteiger partial charge in [0.1, 0.15) is 0 Å². The highest BCUT2D eigenvalue weighted by Crippen LogP contribution is 2.31. The van der Waals surface area contributed by atoms with Gasteiger partial charge < -0.3 is 15.2 Å². The molecule has 0 aromatic heterocycles. The summed E-state index contributed by atoms with van der Waals surface area (Å²) in [6.45, 7) is 3.81. The van der Waals surface area contributed by atoms with E-state index >= 15 is 0 Å². The number of hydrogen-bond donors (Lipinski definition) is 1. The summed E-state index contributed by atoms with van der Waals surface area (Å²) >= 11 is 3.41. The predicted molar refractivity (Wildman–Crippen MR) is 65.9 cm³/mol. The summed E-state index contributed by atoms with van der Waals surface area (Å²) in [6, 6.07) is 7.90. The predicted octanol–water partition coefficient (Wildman–Crippen LogP) is 2.24. The van der Waals surface area contributed by atoms with Crippen molar-refractivity contribution in [3.05, 3.63) is 34.3 Å². The smallest absolute Gasteiger partial charge is 0.207 e. The average molecular weight is 286 g/mol. The summed E-state index contributed by atoms with van der Waals surface area (Å²) in [5.41, 5.74) is 6.77. The van der Waals surface area contributed by atoms with Crippen LogP contribution in [-0.4, -0.2) is 19.8 Å². The minimum absolute atomic E-state index is 0.335. The molecule has 0 atom stereocenters. The molecule has 1 fully saturated rings. The van der Waals surface area contributed by atoms with Crippen molar-refractivity contribution in [1.82, 2.24) is 0 Å². The minimum Gasteiger partial charge on any atom is -0.344 e. The van der Waals surface area contributed by atoms with Crippen molar-refractivity contribution in [3.63, 3.8) is 0 Å². The molecular weight excluding hydrogens is 270 g/mol. The summed E-state index contributed by atoms with van der Waals surface area (Å²) in [4.78, 5) is 0. The summed E-state index contributed by atoms with van der Waals surface area (Å²) in [6.07, 6.45) is 0. The number of hydrogen-bond acceptors (Lipinski definition) is 3. The molecule has 0 unspecified atom stereocenters. The Balaban J connectivity index is 2.24. The van der Waals surface area contributed by atoms with E-state index in [1.165, 1.54) is 0 Å². The molecule has 16 heavy (non-hydrogen) atoms. The zero-order valence-corrected chi connectivity index (χ0v) is 10.9. The second kappa shape index (κ2) is 4.84. The second-order valence-electron chi connectivity index (χ2n) is 4.19. The molecule has 1 aromatic carbocycles. The maximum atomic E-state index is 5.79. The third-order valence-electron chi connectivity index (χ3n) is 2.75. The Hall–Kier alpha value is -0.420. The number of nitrogens with two attached hydrogens (primary N) is 1. The van der Waals surface area contributed by atoms with Crippen LogP contribution in [0.5, 0.6) is 0 Å². The van der Waals surface area contributed by atoms with Crippen molar-refractivity contribution in [1.29, 1.82) is 0 Å². The molecule has 88 valence electrons. The quantitative estimate of drug-likeness (QED) is 0.907. The van der Waals surface area contributed by atoms with Gasteiger partial charge in [0.25, 0.3) is 0 Å². The fraction of sp³-hybridized carbons (Fsp3) is 0.500. The van der Waals surface area contributed by atoms with Crippen molar-refractivity contribution in [3.8, 4) is 0 Å². The lowest BCUT2D eigenvalue weighted by Gasteiger charge is -2.38. The van der Waals surface area contributed by atoms with Crippen LogP contribution in [0.25, 0.3) is 0 Å². The van der Waals surface area contributed by atoms with Crippen LogP contribution in [0.15, 0.2) is 28.7 Å². The van der Waals surface area contributed by atoms with E-state index in [-0.39, 0.29) is 0 Å². The van der Waals surface area contributed by atoms with Crippen LogP contribution in [0.3, 0.4) is 0 Å². The van der Waals surface area contributed by atoms with Crippen LogP contribution >= 0.6 is 15.9 Å². The minimum atomic E-state index is -0.757. The Morgan fingerprint density at radius 2 is 1.88 bits per heavy atom. The van der Waals surface area contributed by atoms with E-state index in [0.29, 0.717) is 25.7 Å². The van der Waals surface area contributed by atoms with Crippen molar-refractivity contribution < 1.29 is 9.47 Å². The largest absolute Gasteiger partial charge is 0.344 e. The first-order valence-corrected chi connectivity index (χ1v) is 6.19. The standard InChI is InChI=1S/C12H16BrNO2/c1-9-6-15-12(8-14,16-7-9)10-2-4-11(13)5-3-10/h2-5,9H,6-8,14H2,1H3. The zero-order chi connectivity index (χ0) is 11.6. The molecule has 0 aliphatic carbocycles. The van der Waals surface area contributed by atoms with Gasteiger partial charge in [-0.2, -0.15) is 0 Å². The molecule has 2 rings (SSSR count). The molecular formula is C12H16BrNO2. The van der Waals surface area contributed by atoms with E-state index in [0.717, 1.165) is 10.0 Å². The number of rotatable bonds is 2. The average Bonchev–Trinajstić information content (AvgIpc) is 2.32. The maximum Gasteiger partial charge on any atom is 0.207 e. The Kier molecular flexibility index (Phi) is 3.64. The molecule has 1 saturated heterocycles. The molecule has 0 spiro atoms. The van der Waals surface area contributed by atoms with Crippen molar-refractivity contribution >= 4 is 15.9 Å². The third kappa shape index (κ3) is 2.30. The first-order chi connectivity index (χ1) is 7.66. The highest BCUT2D eigenvalue weighted by atomic mass is 79.9. The molecule has 0 amide bonds. The van der Waals surface area contributed by atoms with Gasteiger partial charge in [-0.05, 0) is 12.1 Å². The van der Waals surface area contributed by atoms with E-state index in [9.17, 15) is 0 Å². The van der Waals surface area contributed by atoms with E-state index in [1.807, 2.05) is 24.3 Å². The Labute approximate surface area is 104 Å². The van der Waals surface area contributed by atoms with Crippen molar-refractivity contribution in [2.75, 3.05) is 19.8 Å². The topological polar surface area (TPSA) is 44.5 Å². The number of ether oxygens (including phenoxy) is 2. The lowest BCUT2D eigenvalue weighted by molar-refractivity contribution is -0.284. The van der Waals surface area contributed by atoms with Gasteiger partial charge in [-0.1, -0.05) is 35.0 Å². The summed E-state index contributed by atoms with van der Waals surface area (Å²) in [5, 5.41) is 0. The summed E-state index contributed by atoms with van der Waals surface area (Å²) in [7, 11) is 0. The highest BCUT2D eigenvalue weighted by molar-refractivity contribution is 9.10. The first kappa shape index (κ1) is 12.0. The third-order valence-corrected chi connectivity index (χ3v) is 3.28. The van der Waals surface area contributed by atoms with Crippen LogP contribution in [0.1, 0.15) is 12.5 Å². The SMILES string of the molecule is CC1COC(CN)(c2ccc(Br)cc2)OC1. The first-order valence-electron chi connectivity index (χ1n) is 5.40. The van der Waals surface area contributed by atoms with Gasteiger partial charge in [0.2, 0.25) is 5.79 Å². The molecule has 0 radical (unpaired) electrons. The lowest BCUT2D eigenvalue weighted by Crippen LogP contribution is -2.46. The number of benzene rings is 1. The van der Waals surface area contributed by atoms with Gasteiger partial charge in [-0.3, -0.25) is 0 Å². The second-order valence-corrected chi connectivity index (χ2v) is 5.11. The van der Waals surface area contributed by atoms with Gasteiger partial charge >= 0.3 is 0 Å². The van der Waals surface area contributed by atoms with Gasteiger partial charge in [-0.15, -0.1) is 0 Å². The fourth-order valence-corrected chi connectivity index (χ4v) is 2.01. The van der Waals surface area contributed by atoms with Gasteiger partial charge in [0.15, 0.2) is 0 Å². The molecule has 0 saturated carbocycles. The molecule has 4 heteroatoms. The Morgan fingerprint density at radius 3 is 2.38 bits per heavy atom. The molecule has 1 aromatic rings. The van der Waals surface area contributed by atoms with Gasteiger partial charge in [0.05, 0.1) is 19.8 Å². The monoisotopic (exact) mass is 285 g/mol. The van der Waals surface area contributed by atoms with E-state index in [2.05, 4.69) is 22.9 Å². The molecule has 1 aliphatic rings. The van der Waals surface area contributed by atoms with Crippen molar-refractivity contribution in [2.24, 2.45) is 11.7 Å². The van der Waals surface area contributed by atoms with Crippen molar-refractivity contribution in [2.45, 2.75) is 12.7 Å². The summed E-state index contributed by atoms with van der Waals surface area (Å²) < 4.78 is 12.6. The van der Waals surface area contributed by atoms with E-state index in [4.69, 9.17) is 15.2 Å². The van der Waals surface area contributed by atoms with Gasteiger partial charge in [0, 0.05) is 16.0 Å². The van der Waals surface area contributed by atoms with Crippen LogP contribution in [0.2, 0.25) is 0 Å². The van der Waals surface area contributed by atoms with Crippen LogP contribution in [0, 0.1) is 5.92 Å². The maximum absolute atomic E-state index is 5.79. The molecule has 1 heterocycles. The van der Waals surface area contributed by atoms with Crippen LogP contribution < -0.4 is 5.73 Å². The highest BCUT2D eigenvalue weighted by Gasteiger charge is 2.37. The Bertz CT molecular complexity index is 345. The van der Waals surface area contributed by atoms with Gasteiger partial charge in [-0.25, -0.2) is 0 Å². The zero-order valence-electron chi connectivity index (χ0n) is 9.28. The van der Waals surface area contributed by atoms with E-state index < -0.39 is 5.79 Å².